The smallest absolute Gasteiger partial charge is 0.244 e. The van der Waals surface area contributed by atoms with Gasteiger partial charge in [0.1, 0.15) is 13.2 Å². The third kappa shape index (κ3) is 3.97. The minimum absolute atomic E-state index is 0.128. The Hall–Kier alpha value is -2.27. The van der Waals surface area contributed by atoms with Gasteiger partial charge in [0.15, 0.2) is 11.5 Å². The summed E-state index contributed by atoms with van der Waals surface area (Å²) in [5, 5.41) is 2.96. The lowest BCUT2D eigenvalue weighted by Gasteiger charge is -2.20. The molecule has 1 aliphatic rings. The Labute approximate surface area is 149 Å². The fourth-order valence-electron chi connectivity index (χ4n) is 2.45. The SMILES string of the molecule is CC(NC(=O)/C=C/c1ccccc1Br)c1ccc2c(c1)OCCO2. The van der Waals surface area contributed by atoms with Crippen LogP contribution in [0.2, 0.25) is 0 Å². The number of ether oxygens (including phenoxy) is 2. The highest BCUT2D eigenvalue weighted by atomic mass is 79.9. The predicted molar refractivity (Wildman–Crippen MR) is 97.2 cm³/mol. The number of carbonyl (C=O) groups is 1. The van der Waals surface area contributed by atoms with E-state index in [1.54, 1.807) is 6.08 Å². The summed E-state index contributed by atoms with van der Waals surface area (Å²) in [5.74, 6) is 1.33. The lowest BCUT2D eigenvalue weighted by atomic mass is 10.1. The van der Waals surface area contributed by atoms with Crippen LogP contribution in [0.15, 0.2) is 53.0 Å². The molecule has 2 aromatic rings. The second kappa shape index (κ2) is 7.53. The van der Waals surface area contributed by atoms with Crippen molar-refractivity contribution in [3.63, 3.8) is 0 Å². The maximum atomic E-state index is 12.1. The van der Waals surface area contributed by atoms with Crippen LogP contribution in [-0.4, -0.2) is 19.1 Å². The van der Waals surface area contributed by atoms with Gasteiger partial charge < -0.3 is 14.8 Å². The number of hydrogen-bond donors (Lipinski definition) is 1. The molecule has 3 rings (SSSR count). The Balaban J connectivity index is 1.65. The normalized spacial score (nSPS) is 14.4. The molecule has 0 saturated heterocycles. The highest BCUT2D eigenvalue weighted by molar-refractivity contribution is 9.10. The summed E-state index contributed by atoms with van der Waals surface area (Å²) < 4.78 is 12.0. The zero-order valence-corrected chi connectivity index (χ0v) is 14.9. The molecule has 5 heteroatoms. The molecule has 0 saturated carbocycles. The lowest BCUT2D eigenvalue weighted by Crippen LogP contribution is -2.25. The molecule has 1 unspecified atom stereocenters. The quantitative estimate of drug-likeness (QED) is 0.802. The van der Waals surface area contributed by atoms with Crippen LogP contribution in [0.5, 0.6) is 11.5 Å². The van der Waals surface area contributed by atoms with Gasteiger partial charge in [-0.3, -0.25) is 4.79 Å². The van der Waals surface area contributed by atoms with Crippen molar-refractivity contribution in [2.24, 2.45) is 0 Å². The number of fused-ring (bicyclic) bond motifs is 1. The van der Waals surface area contributed by atoms with Gasteiger partial charge in [0.2, 0.25) is 5.91 Å². The molecule has 1 amide bonds. The molecule has 1 aliphatic heterocycles. The van der Waals surface area contributed by atoms with E-state index in [4.69, 9.17) is 9.47 Å². The first-order valence-corrected chi connectivity index (χ1v) is 8.55. The fourth-order valence-corrected chi connectivity index (χ4v) is 2.87. The average Bonchev–Trinajstić information content (AvgIpc) is 2.60. The van der Waals surface area contributed by atoms with Crippen LogP contribution in [0, 0.1) is 0 Å². The molecule has 124 valence electrons. The Morgan fingerprint density at radius 3 is 2.71 bits per heavy atom. The largest absolute Gasteiger partial charge is 0.486 e. The maximum Gasteiger partial charge on any atom is 0.244 e. The number of nitrogens with one attached hydrogen (secondary N) is 1. The van der Waals surface area contributed by atoms with Crippen LogP contribution >= 0.6 is 15.9 Å². The van der Waals surface area contributed by atoms with E-state index in [1.807, 2.05) is 49.4 Å². The molecule has 0 aliphatic carbocycles. The van der Waals surface area contributed by atoms with Crippen LogP contribution in [0.3, 0.4) is 0 Å². The van der Waals surface area contributed by atoms with Gasteiger partial charge in [0.25, 0.3) is 0 Å². The molecular formula is C19H18BrNO3. The van der Waals surface area contributed by atoms with E-state index >= 15 is 0 Å². The third-order valence-corrected chi connectivity index (χ3v) is 4.47. The van der Waals surface area contributed by atoms with Gasteiger partial charge in [0.05, 0.1) is 6.04 Å². The molecule has 0 fully saturated rings. The number of benzene rings is 2. The number of halogens is 1. The van der Waals surface area contributed by atoms with Crippen molar-refractivity contribution >= 4 is 27.9 Å². The summed E-state index contributed by atoms with van der Waals surface area (Å²) in [6.45, 7) is 3.06. The number of hydrogen-bond acceptors (Lipinski definition) is 3. The molecule has 0 aromatic heterocycles. The first-order chi connectivity index (χ1) is 11.6. The van der Waals surface area contributed by atoms with Gasteiger partial charge >= 0.3 is 0 Å². The highest BCUT2D eigenvalue weighted by Crippen LogP contribution is 2.32. The van der Waals surface area contributed by atoms with Crippen molar-refractivity contribution in [1.82, 2.24) is 5.32 Å². The average molecular weight is 388 g/mol. The van der Waals surface area contributed by atoms with Crippen molar-refractivity contribution in [2.75, 3.05) is 13.2 Å². The van der Waals surface area contributed by atoms with Gasteiger partial charge in [-0.1, -0.05) is 40.2 Å². The van der Waals surface area contributed by atoms with Gasteiger partial charge in [0, 0.05) is 10.5 Å². The zero-order chi connectivity index (χ0) is 16.9. The monoisotopic (exact) mass is 387 g/mol. The van der Waals surface area contributed by atoms with Crippen LogP contribution in [0.4, 0.5) is 0 Å². The van der Waals surface area contributed by atoms with E-state index in [0.717, 1.165) is 27.1 Å². The molecule has 0 bridgehead atoms. The van der Waals surface area contributed by atoms with E-state index in [-0.39, 0.29) is 11.9 Å². The van der Waals surface area contributed by atoms with Crippen molar-refractivity contribution in [2.45, 2.75) is 13.0 Å². The van der Waals surface area contributed by atoms with Gasteiger partial charge in [-0.15, -0.1) is 0 Å². The topological polar surface area (TPSA) is 47.6 Å². The number of carbonyl (C=O) groups excluding carboxylic acids is 1. The van der Waals surface area contributed by atoms with Crippen molar-refractivity contribution in [1.29, 1.82) is 0 Å². The summed E-state index contributed by atoms with van der Waals surface area (Å²) in [6, 6.07) is 13.4. The second-order valence-corrected chi connectivity index (χ2v) is 6.34. The minimum atomic E-state index is -0.145. The number of amides is 1. The zero-order valence-electron chi connectivity index (χ0n) is 13.3. The summed E-state index contributed by atoms with van der Waals surface area (Å²) in [5.41, 5.74) is 1.93. The minimum Gasteiger partial charge on any atom is -0.486 e. The molecule has 0 spiro atoms. The van der Waals surface area contributed by atoms with Crippen molar-refractivity contribution < 1.29 is 14.3 Å². The summed E-state index contributed by atoms with van der Waals surface area (Å²) in [6.07, 6.45) is 3.32. The molecular weight excluding hydrogens is 370 g/mol. The standard InChI is InChI=1S/C19H18BrNO3/c1-13(15-6-8-17-18(12-15)24-11-10-23-17)21-19(22)9-7-14-4-2-3-5-16(14)20/h2-9,12-13H,10-11H2,1H3,(H,21,22)/b9-7+. The van der Waals surface area contributed by atoms with E-state index in [0.29, 0.717) is 13.2 Å². The Morgan fingerprint density at radius 2 is 1.92 bits per heavy atom. The van der Waals surface area contributed by atoms with E-state index in [9.17, 15) is 4.79 Å². The summed E-state index contributed by atoms with van der Waals surface area (Å²) >= 11 is 3.46. The second-order valence-electron chi connectivity index (χ2n) is 5.49. The molecule has 24 heavy (non-hydrogen) atoms. The molecule has 1 atom stereocenters. The number of rotatable bonds is 4. The van der Waals surface area contributed by atoms with Crippen LogP contribution in [-0.2, 0) is 4.79 Å². The van der Waals surface area contributed by atoms with Crippen LogP contribution in [0.25, 0.3) is 6.08 Å². The fraction of sp³-hybridized carbons (Fsp3) is 0.211. The first kappa shape index (κ1) is 16.6. The first-order valence-electron chi connectivity index (χ1n) is 7.76. The Morgan fingerprint density at radius 1 is 1.17 bits per heavy atom. The van der Waals surface area contributed by atoms with Crippen LogP contribution in [0.1, 0.15) is 24.1 Å². The molecule has 2 aromatic carbocycles. The van der Waals surface area contributed by atoms with E-state index < -0.39 is 0 Å². The maximum absolute atomic E-state index is 12.1. The summed E-state index contributed by atoms with van der Waals surface area (Å²) in [4.78, 5) is 12.1. The predicted octanol–water partition coefficient (Wildman–Crippen LogP) is 4.11. The Kier molecular flexibility index (Phi) is 5.20. The van der Waals surface area contributed by atoms with Crippen molar-refractivity contribution in [3.05, 3.63) is 64.1 Å². The van der Waals surface area contributed by atoms with E-state index in [2.05, 4.69) is 21.2 Å². The Bertz CT molecular complexity index is 773. The van der Waals surface area contributed by atoms with Gasteiger partial charge in [-0.05, 0) is 42.3 Å². The highest BCUT2D eigenvalue weighted by Gasteiger charge is 2.15. The third-order valence-electron chi connectivity index (χ3n) is 3.74. The van der Waals surface area contributed by atoms with Crippen LogP contribution < -0.4 is 14.8 Å². The summed E-state index contributed by atoms with van der Waals surface area (Å²) in [7, 11) is 0. The molecule has 1 heterocycles. The van der Waals surface area contributed by atoms with E-state index in [1.165, 1.54) is 6.08 Å². The molecule has 0 radical (unpaired) electrons. The molecule has 4 nitrogen and oxygen atoms in total. The molecule has 1 N–H and O–H groups in total. The van der Waals surface area contributed by atoms with Crippen molar-refractivity contribution in [3.8, 4) is 11.5 Å². The van der Waals surface area contributed by atoms with Gasteiger partial charge in [-0.25, -0.2) is 0 Å². The van der Waals surface area contributed by atoms with Gasteiger partial charge in [-0.2, -0.15) is 0 Å². The lowest BCUT2D eigenvalue weighted by molar-refractivity contribution is -0.117.